The maximum atomic E-state index is 10.3. The Hall–Kier alpha value is -0.0800. The van der Waals surface area contributed by atoms with Gasteiger partial charge in [0.2, 0.25) is 0 Å². The zero-order valence-corrected chi connectivity index (χ0v) is 13.0. The van der Waals surface area contributed by atoms with Crippen LogP contribution in [0.1, 0.15) is 90.4 Å². The van der Waals surface area contributed by atoms with Crippen LogP contribution in [0.5, 0.6) is 0 Å². The first-order valence-electron chi connectivity index (χ1n) is 8.57. The zero-order valence-electron chi connectivity index (χ0n) is 13.0. The molecule has 1 atom stereocenters. The fourth-order valence-corrected chi connectivity index (χ4v) is 2.98. The van der Waals surface area contributed by atoms with Gasteiger partial charge in [-0.05, 0) is 19.3 Å². The third-order valence-corrected chi connectivity index (χ3v) is 4.30. The summed E-state index contributed by atoms with van der Waals surface area (Å²) in [5.74, 6) is 0. The first-order valence-corrected chi connectivity index (χ1v) is 8.57. The summed E-state index contributed by atoms with van der Waals surface area (Å²) in [7, 11) is 0. The van der Waals surface area contributed by atoms with Gasteiger partial charge in [0.15, 0.2) is 0 Å². The lowest BCUT2D eigenvalue weighted by Gasteiger charge is -2.31. The zero-order chi connectivity index (χ0) is 13.8. The van der Waals surface area contributed by atoms with E-state index in [0.29, 0.717) is 6.61 Å². The minimum atomic E-state index is -0.502. The molecule has 0 aromatic heterocycles. The molecule has 0 spiro atoms. The molecule has 2 nitrogen and oxygen atoms in total. The Bertz CT molecular complexity index is 197. The minimum absolute atomic E-state index is 0.502. The summed E-state index contributed by atoms with van der Waals surface area (Å²) in [6, 6.07) is 0. The number of hydrogen-bond donors (Lipinski definition) is 1. The summed E-state index contributed by atoms with van der Waals surface area (Å²) < 4.78 is 5.38. The second kappa shape index (κ2) is 10.7. The van der Waals surface area contributed by atoms with Gasteiger partial charge in [0, 0.05) is 6.61 Å². The van der Waals surface area contributed by atoms with E-state index in [1.165, 1.54) is 57.8 Å². The molecule has 0 radical (unpaired) electrons. The molecule has 1 aliphatic rings. The van der Waals surface area contributed by atoms with Crippen LogP contribution in [-0.4, -0.2) is 23.9 Å². The Morgan fingerprint density at radius 1 is 0.895 bits per heavy atom. The lowest BCUT2D eigenvalue weighted by Crippen LogP contribution is -2.38. The first kappa shape index (κ1) is 17.0. The van der Waals surface area contributed by atoms with Gasteiger partial charge in [-0.2, -0.15) is 0 Å². The number of ether oxygens (including phenoxy) is 1. The van der Waals surface area contributed by atoms with Crippen LogP contribution in [0.2, 0.25) is 0 Å². The summed E-state index contributed by atoms with van der Waals surface area (Å²) in [6.45, 7) is 3.66. The third kappa shape index (κ3) is 8.65. The fraction of sp³-hybridized carbons (Fsp3) is 1.00. The molecule has 0 amide bonds. The lowest BCUT2D eigenvalue weighted by molar-refractivity contribution is -0.0906. The minimum Gasteiger partial charge on any atom is -0.387 e. The van der Waals surface area contributed by atoms with E-state index in [4.69, 9.17) is 4.74 Å². The number of aliphatic hydroxyl groups is 1. The van der Waals surface area contributed by atoms with E-state index in [2.05, 4.69) is 6.92 Å². The van der Waals surface area contributed by atoms with Crippen molar-refractivity contribution in [3.63, 3.8) is 0 Å². The fourth-order valence-electron chi connectivity index (χ4n) is 2.98. The lowest BCUT2D eigenvalue weighted by atomic mass is 9.90. The largest absolute Gasteiger partial charge is 0.387 e. The Labute approximate surface area is 119 Å². The van der Waals surface area contributed by atoms with Gasteiger partial charge in [0.25, 0.3) is 0 Å². The van der Waals surface area contributed by atoms with Crippen molar-refractivity contribution in [3.8, 4) is 0 Å². The van der Waals surface area contributed by atoms with Crippen LogP contribution in [0.4, 0.5) is 0 Å². The van der Waals surface area contributed by atoms with Crippen LogP contribution < -0.4 is 0 Å². The van der Waals surface area contributed by atoms with Crippen molar-refractivity contribution in [1.29, 1.82) is 0 Å². The second-order valence-corrected chi connectivity index (χ2v) is 6.31. The topological polar surface area (TPSA) is 29.5 Å². The van der Waals surface area contributed by atoms with Gasteiger partial charge < -0.3 is 9.84 Å². The molecule has 1 aliphatic heterocycles. The van der Waals surface area contributed by atoms with Crippen LogP contribution in [0.15, 0.2) is 0 Å². The molecule has 1 fully saturated rings. The smallest absolute Gasteiger partial charge is 0.0881 e. The van der Waals surface area contributed by atoms with E-state index in [1.54, 1.807) is 0 Å². The van der Waals surface area contributed by atoms with E-state index >= 15 is 0 Å². The molecule has 0 bridgehead atoms. The van der Waals surface area contributed by atoms with Gasteiger partial charge in [-0.1, -0.05) is 71.1 Å². The Morgan fingerprint density at radius 3 is 2.00 bits per heavy atom. The highest BCUT2D eigenvalue weighted by molar-refractivity contribution is 4.80. The Morgan fingerprint density at radius 2 is 1.47 bits per heavy atom. The van der Waals surface area contributed by atoms with E-state index < -0.39 is 5.60 Å². The summed E-state index contributed by atoms with van der Waals surface area (Å²) in [4.78, 5) is 0. The quantitative estimate of drug-likeness (QED) is 0.544. The van der Waals surface area contributed by atoms with Crippen molar-refractivity contribution in [3.05, 3.63) is 0 Å². The molecular weight excluding hydrogens is 236 g/mol. The van der Waals surface area contributed by atoms with Crippen molar-refractivity contribution in [2.45, 2.75) is 96.0 Å². The predicted molar refractivity (Wildman–Crippen MR) is 81.5 cm³/mol. The molecule has 1 unspecified atom stereocenters. The van der Waals surface area contributed by atoms with E-state index in [-0.39, 0.29) is 0 Å². The van der Waals surface area contributed by atoms with Crippen LogP contribution in [0, 0.1) is 0 Å². The Balaban J connectivity index is 1.83. The van der Waals surface area contributed by atoms with E-state index in [0.717, 1.165) is 32.3 Å². The summed E-state index contributed by atoms with van der Waals surface area (Å²) in [5, 5.41) is 10.3. The monoisotopic (exact) mass is 270 g/mol. The molecule has 19 heavy (non-hydrogen) atoms. The third-order valence-electron chi connectivity index (χ3n) is 4.30. The molecule has 114 valence electrons. The molecule has 1 N–H and O–H groups in total. The van der Waals surface area contributed by atoms with Gasteiger partial charge in [0.1, 0.15) is 0 Å². The highest BCUT2D eigenvalue weighted by atomic mass is 16.5. The highest BCUT2D eigenvalue weighted by Crippen LogP contribution is 2.25. The van der Waals surface area contributed by atoms with Crippen molar-refractivity contribution in [2.24, 2.45) is 0 Å². The van der Waals surface area contributed by atoms with E-state index in [1.807, 2.05) is 0 Å². The van der Waals surface area contributed by atoms with Crippen LogP contribution in [-0.2, 0) is 4.74 Å². The van der Waals surface area contributed by atoms with Crippen molar-refractivity contribution in [1.82, 2.24) is 0 Å². The molecule has 0 aromatic rings. The van der Waals surface area contributed by atoms with Crippen molar-refractivity contribution < 1.29 is 9.84 Å². The number of rotatable bonds is 11. The normalized spacial score (nSPS) is 23.7. The maximum absolute atomic E-state index is 10.3. The van der Waals surface area contributed by atoms with Gasteiger partial charge in [0.05, 0.1) is 12.2 Å². The van der Waals surface area contributed by atoms with Crippen molar-refractivity contribution in [2.75, 3.05) is 13.2 Å². The second-order valence-electron chi connectivity index (χ2n) is 6.31. The van der Waals surface area contributed by atoms with Gasteiger partial charge >= 0.3 is 0 Å². The van der Waals surface area contributed by atoms with Gasteiger partial charge in [-0.25, -0.2) is 0 Å². The predicted octanol–water partition coefficient (Wildman–Crippen LogP) is 4.84. The van der Waals surface area contributed by atoms with Gasteiger partial charge in [-0.3, -0.25) is 0 Å². The molecule has 2 heteroatoms. The molecule has 0 aromatic carbocycles. The maximum Gasteiger partial charge on any atom is 0.0881 e. The van der Waals surface area contributed by atoms with Crippen LogP contribution >= 0.6 is 0 Å². The standard InChI is InChI=1S/C17H34O2/c1-2-3-4-5-6-7-8-9-10-11-13-17(18)14-12-15-19-16-17/h18H,2-16H2,1H3. The molecule has 1 rings (SSSR count). The summed E-state index contributed by atoms with van der Waals surface area (Å²) in [5.41, 5.74) is -0.502. The van der Waals surface area contributed by atoms with Gasteiger partial charge in [-0.15, -0.1) is 0 Å². The molecule has 1 saturated heterocycles. The first-order chi connectivity index (χ1) is 9.27. The summed E-state index contributed by atoms with van der Waals surface area (Å²) >= 11 is 0. The highest BCUT2D eigenvalue weighted by Gasteiger charge is 2.28. The van der Waals surface area contributed by atoms with Crippen LogP contribution in [0.25, 0.3) is 0 Å². The van der Waals surface area contributed by atoms with E-state index in [9.17, 15) is 5.11 Å². The number of hydrogen-bond acceptors (Lipinski definition) is 2. The SMILES string of the molecule is CCCCCCCCCCCCC1(O)CCCOC1. The molecular formula is C17H34O2. The molecule has 0 saturated carbocycles. The summed E-state index contributed by atoms with van der Waals surface area (Å²) in [6.07, 6.45) is 16.4. The molecule has 1 heterocycles. The average molecular weight is 270 g/mol. The Kier molecular flexibility index (Phi) is 9.54. The average Bonchev–Trinajstić information content (AvgIpc) is 2.42. The van der Waals surface area contributed by atoms with Crippen molar-refractivity contribution >= 4 is 0 Å². The van der Waals surface area contributed by atoms with Crippen LogP contribution in [0.3, 0.4) is 0 Å². The molecule has 0 aliphatic carbocycles. The number of unbranched alkanes of at least 4 members (excludes halogenated alkanes) is 9.